The quantitative estimate of drug-likeness (QED) is 0.546. The van der Waals surface area contributed by atoms with Crippen molar-refractivity contribution in [2.45, 2.75) is 11.1 Å². The van der Waals surface area contributed by atoms with Gasteiger partial charge in [0.25, 0.3) is 5.91 Å². The minimum Gasteiger partial charge on any atom is -0.333 e. The van der Waals surface area contributed by atoms with Crippen molar-refractivity contribution >= 4 is 34.1 Å². The third-order valence-corrected chi connectivity index (χ3v) is 6.16. The van der Waals surface area contributed by atoms with E-state index >= 15 is 0 Å². The van der Waals surface area contributed by atoms with E-state index in [2.05, 4.69) is 33.1 Å². The molecule has 1 unspecified atom stereocenters. The lowest BCUT2D eigenvalue weighted by Crippen LogP contribution is -2.13. The van der Waals surface area contributed by atoms with Crippen LogP contribution in [0.15, 0.2) is 79.3 Å². The molecule has 0 aliphatic carbocycles. The number of pyridine rings is 1. The van der Waals surface area contributed by atoms with Crippen LogP contribution in [0.4, 0.5) is 5.69 Å². The van der Waals surface area contributed by atoms with Gasteiger partial charge in [-0.15, -0.1) is 11.8 Å². The average Bonchev–Trinajstić information content (AvgIpc) is 3.31. The standard InChI is InChI=1S/C22H17N3OS/c26-21(24-19-9-3-6-15-5-1-2-8-17(15)19)18-10-12-25-20(18)14-27-22(25)16-7-4-11-23-13-16/h1-13,22H,14H2,(H,24,26). The van der Waals surface area contributed by atoms with Crippen molar-refractivity contribution in [2.75, 3.05) is 5.32 Å². The fourth-order valence-electron chi connectivity index (χ4n) is 3.60. The topological polar surface area (TPSA) is 46.9 Å². The second-order valence-electron chi connectivity index (χ2n) is 6.51. The Balaban J connectivity index is 1.46. The van der Waals surface area contributed by atoms with Crippen LogP contribution in [0.2, 0.25) is 0 Å². The van der Waals surface area contributed by atoms with Gasteiger partial charge in [-0.25, -0.2) is 0 Å². The van der Waals surface area contributed by atoms with E-state index in [1.54, 1.807) is 6.20 Å². The Kier molecular flexibility index (Phi) is 3.94. The first-order valence-corrected chi connectivity index (χ1v) is 9.86. The molecule has 1 aliphatic heterocycles. The highest BCUT2D eigenvalue weighted by molar-refractivity contribution is 7.99. The van der Waals surface area contributed by atoms with E-state index in [1.165, 1.54) is 0 Å². The Labute approximate surface area is 161 Å². The Bertz CT molecular complexity index is 1130. The second kappa shape index (κ2) is 6.59. The van der Waals surface area contributed by atoms with Crippen LogP contribution in [0, 0.1) is 0 Å². The average molecular weight is 371 g/mol. The Morgan fingerprint density at radius 1 is 1.07 bits per heavy atom. The van der Waals surface area contributed by atoms with Crippen LogP contribution in [0.5, 0.6) is 0 Å². The molecule has 132 valence electrons. The van der Waals surface area contributed by atoms with Crippen LogP contribution in [0.3, 0.4) is 0 Å². The van der Waals surface area contributed by atoms with E-state index in [-0.39, 0.29) is 11.3 Å². The van der Waals surface area contributed by atoms with Crippen LogP contribution in [0.1, 0.15) is 27.0 Å². The molecule has 2 aromatic heterocycles. The largest absolute Gasteiger partial charge is 0.333 e. The van der Waals surface area contributed by atoms with Gasteiger partial charge in [0.15, 0.2) is 0 Å². The number of aromatic nitrogens is 2. The maximum atomic E-state index is 13.0. The smallest absolute Gasteiger partial charge is 0.257 e. The molecule has 0 fully saturated rings. The van der Waals surface area contributed by atoms with Crippen LogP contribution in [0.25, 0.3) is 10.8 Å². The van der Waals surface area contributed by atoms with E-state index in [9.17, 15) is 4.79 Å². The summed E-state index contributed by atoms with van der Waals surface area (Å²) < 4.78 is 2.18. The Hall–Kier alpha value is -3.05. The van der Waals surface area contributed by atoms with E-state index < -0.39 is 0 Å². The van der Waals surface area contributed by atoms with Gasteiger partial charge < -0.3 is 9.88 Å². The van der Waals surface area contributed by atoms with Crippen molar-refractivity contribution in [3.63, 3.8) is 0 Å². The van der Waals surface area contributed by atoms with Crippen molar-refractivity contribution in [3.8, 4) is 0 Å². The van der Waals surface area contributed by atoms with E-state index in [4.69, 9.17) is 0 Å². The van der Waals surface area contributed by atoms with Gasteiger partial charge in [0.2, 0.25) is 0 Å². The first-order valence-electron chi connectivity index (χ1n) is 8.81. The minimum atomic E-state index is -0.0625. The van der Waals surface area contributed by atoms with Crippen molar-refractivity contribution in [1.29, 1.82) is 0 Å². The molecule has 0 saturated carbocycles. The highest BCUT2D eigenvalue weighted by Crippen LogP contribution is 2.42. The number of hydrogen-bond donors (Lipinski definition) is 1. The van der Waals surface area contributed by atoms with Crippen LogP contribution in [-0.4, -0.2) is 15.5 Å². The zero-order valence-electron chi connectivity index (χ0n) is 14.5. The highest BCUT2D eigenvalue weighted by atomic mass is 32.2. The number of nitrogens with zero attached hydrogens (tertiary/aromatic N) is 2. The molecule has 0 saturated heterocycles. The lowest BCUT2D eigenvalue weighted by molar-refractivity contribution is 0.102. The summed E-state index contributed by atoms with van der Waals surface area (Å²) in [4.78, 5) is 17.2. The summed E-state index contributed by atoms with van der Waals surface area (Å²) >= 11 is 1.81. The predicted octanol–water partition coefficient (Wildman–Crippen LogP) is 5.08. The molecule has 5 heteroatoms. The highest BCUT2D eigenvalue weighted by Gasteiger charge is 2.28. The fraction of sp³-hybridized carbons (Fsp3) is 0.0909. The summed E-state index contributed by atoms with van der Waals surface area (Å²) in [6.45, 7) is 0. The molecular weight excluding hydrogens is 354 g/mol. The molecule has 0 bridgehead atoms. The summed E-state index contributed by atoms with van der Waals surface area (Å²) in [7, 11) is 0. The lowest BCUT2D eigenvalue weighted by Gasteiger charge is -2.12. The molecule has 0 radical (unpaired) electrons. The molecular formula is C22H17N3OS. The number of carbonyl (C=O) groups is 1. The number of thioether (sulfide) groups is 1. The molecule has 1 atom stereocenters. The van der Waals surface area contributed by atoms with E-state index in [1.807, 2.05) is 66.6 Å². The summed E-state index contributed by atoms with van der Waals surface area (Å²) in [6.07, 6.45) is 5.68. The lowest BCUT2D eigenvalue weighted by atomic mass is 10.1. The predicted molar refractivity (Wildman–Crippen MR) is 110 cm³/mol. The normalized spacial score (nSPS) is 15.6. The SMILES string of the molecule is O=C(Nc1cccc2ccccc12)c1ccn2c1CSC2c1cccnc1. The van der Waals surface area contributed by atoms with Crippen LogP contribution in [-0.2, 0) is 5.75 Å². The number of anilines is 1. The Morgan fingerprint density at radius 3 is 2.85 bits per heavy atom. The van der Waals surface area contributed by atoms with Gasteiger partial charge in [-0.2, -0.15) is 0 Å². The first kappa shape index (κ1) is 16.1. The Morgan fingerprint density at radius 2 is 1.96 bits per heavy atom. The number of nitrogens with one attached hydrogen (secondary N) is 1. The molecule has 4 aromatic rings. The second-order valence-corrected chi connectivity index (χ2v) is 7.58. The van der Waals surface area contributed by atoms with E-state index in [0.29, 0.717) is 0 Å². The number of hydrogen-bond acceptors (Lipinski definition) is 3. The van der Waals surface area contributed by atoms with Gasteiger partial charge in [-0.3, -0.25) is 9.78 Å². The zero-order valence-corrected chi connectivity index (χ0v) is 15.3. The number of carbonyl (C=O) groups excluding carboxylic acids is 1. The van der Waals surface area contributed by atoms with Gasteiger partial charge in [0.1, 0.15) is 5.37 Å². The summed E-state index contributed by atoms with van der Waals surface area (Å²) in [6, 6.07) is 20.0. The van der Waals surface area contributed by atoms with Gasteiger partial charge in [-0.05, 0) is 23.6 Å². The number of amides is 1. The van der Waals surface area contributed by atoms with Gasteiger partial charge in [0, 0.05) is 46.7 Å². The molecule has 1 N–H and O–H groups in total. The molecule has 3 heterocycles. The molecule has 27 heavy (non-hydrogen) atoms. The fourth-order valence-corrected chi connectivity index (χ4v) is 4.91. The minimum absolute atomic E-state index is 0.0625. The summed E-state index contributed by atoms with van der Waals surface area (Å²) in [5, 5.41) is 5.44. The third-order valence-electron chi connectivity index (χ3n) is 4.91. The maximum absolute atomic E-state index is 13.0. The number of fused-ring (bicyclic) bond motifs is 2. The van der Waals surface area contributed by atoms with Crippen LogP contribution < -0.4 is 5.32 Å². The molecule has 5 rings (SSSR count). The summed E-state index contributed by atoms with van der Waals surface area (Å²) in [5.41, 5.74) is 3.79. The van der Waals surface area contributed by atoms with Crippen molar-refractivity contribution < 1.29 is 4.79 Å². The molecule has 2 aromatic carbocycles. The first-order chi connectivity index (χ1) is 13.3. The van der Waals surface area contributed by atoms with Crippen molar-refractivity contribution in [1.82, 2.24) is 9.55 Å². The molecule has 4 nitrogen and oxygen atoms in total. The molecule has 1 aliphatic rings. The third kappa shape index (κ3) is 2.80. The van der Waals surface area contributed by atoms with Crippen LogP contribution >= 0.6 is 11.8 Å². The van der Waals surface area contributed by atoms with E-state index in [0.717, 1.165) is 39.0 Å². The number of rotatable bonds is 3. The van der Waals surface area contributed by atoms with Crippen molar-refractivity contribution in [3.05, 3.63) is 96.1 Å². The number of benzene rings is 2. The molecule has 1 amide bonds. The van der Waals surface area contributed by atoms with Gasteiger partial charge in [-0.1, -0.05) is 42.5 Å². The molecule has 0 spiro atoms. The van der Waals surface area contributed by atoms with Gasteiger partial charge in [0.05, 0.1) is 5.56 Å². The monoisotopic (exact) mass is 371 g/mol. The maximum Gasteiger partial charge on any atom is 0.257 e. The van der Waals surface area contributed by atoms with Gasteiger partial charge >= 0.3 is 0 Å². The summed E-state index contributed by atoms with van der Waals surface area (Å²) in [5.74, 6) is 0.748. The van der Waals surface area contributed by atoms with Crippen molar-refractivity contribution in [2.24, 2.45) is 0 Å². The zero-order chi connectivity index (χ0) is 18.2.